The minimum atomic E-state index is -4.52. The minimum absolute atomic E-state index is 0.0820. The van der Waals surface area contributed by atoms with E-state index in [2.05, 4.69) is 34.5 Å². The number of benzene rings is 1. The lowest BCUT2D eigenvalue weighted by molar-refractivity contribution is -0.140. The van der Waals surface area contributed by atoms with Crippen molar-refractivity contribution in [2.45, 2.75) is 50.7 Å². The Morgan fingerprint density at radius 1 is 1.12 bits per heavy atom. The van der Waals surface area contributed by atoms with Gasteiger partial charge in [-0.25, -0.2) is 19.3 Å². The van der Waals surface area contributed by atoms with Gasteiger partial charge in [-0.3, -0.25) is 0 Å². The number of hydrogen-bond donors (Lipinski definition) is 1. The number of urea groups is 1. The number of aryl methyl sites for hydroxylation is 1. The molecule has 5 heterocycles. The summed E-state index contributed by atoms with van der Waals surface area (Å²) in [5, 5.41) is 7.75. The van der Waals surface area contributed by atoms with Gasteiger partial charge in [0.2, 0.25) is 0 Å². The fourth-order valence-electron chi connectivity index (χ4n) is 5.97. The molecule has 4 aromatic rings. The van der Waals surface area contributed by atoms with Crippen LogP contribution in [-0.4, -0.2) is 68.8 Å². The summed E-state index contributed by atoms with van der Waals surface area (Å²) < 4.78 is 48.3. The standard InChI is InChI=1S/C31H34F3N7O2/c1-21-17-24(43-19-22(2)23-7-4-3-5-8-23)18-41-28(21)36-26(38-41)10-14-40-20-30(37-29(40)42)11-15-39(16-12-30)25-9-6-13-35-27(25)31(32,33)34/h3-9,13,17-18,22H,10-12,14-16,19-20H2,1-2H3,(H,37,42)/t22-/m0/s1. The number of aromatic nitrogens is 4. The molecule has 12 heteroatoms. The van der Waals surface area contributed by atoms with Crippen LogP contribution < -0.4 is 15.0 Å². The van der Waals surface area contributed by atoms with Crippen molar-refractivity contribution in [1.29, 1.82) is 0 Å². The third kappa shape index (κ3) is 6.09. The normalized spacial score (nSPS) is 17.5. The van der Waals surface area contributed by atoms with Crippen LogP contribution in [0.25, 0.3) is 5.65 Å². The molecule has 3 aromatic heterocycles. The van der Waals surface area contributed by atoms with E-state index in [9.17, 15) is 18.0 Å². The van der Waals surface area contributed by atoms with Gasteiger partial charge in [0.25, 0.3) is 0 Å². The second kappa shape index (κ2) is 11.4. The zero-order valence-corrected chi connectivity index (χ0v) is 24.1. The average molecular weight is 594 g/mol. The maximum atomic E-state index is 13.5. The molecule has 9 nitrogen and oxygen atoms in total. The number of halogens is 3. The smallest absolute Gasteiger partial charge is 0.435 e. The fourth-order valence-corrected chi connectivity index (χ4v) is 5.97. The third-order valence-electron chi connectivity index (χ3n) is 8.38. The Bertz CT molecular complexity index is 1600. The maximum absolute atomic E-state index is 13.5. The van der Waals surface area contributed by atoms with Crippen LogP contribution in [0.1, 0.15) is 48.3 Å². The number of nitrogens with one attached hydrogen (secondary N) is 1. The number of piperidine rings is 1. The van der Waals surface area contributed by atoms with Crippen molar-refractivity contribution >= 4 is 17.4 Å². The number of nitrogens with zero attached hydrogens (tertiary/aromatic N) is 6. The molecule has 2 aliphatic heterocycles. The number of alkyl halides is 3. The Labute approximate surface area is 247 Å². The first-order valence-electron chi connectivity index (χ1n) is 14.5. The van der Waals surface area contributed by atoms with Crippen molar-refractivity contribution in [3.63, 3.8) is 0 Å². The quantitative estimate of drug-likeness (QED) is 0.301. The van der Waals surface area contributed by atoms with Gasteiger partial charge in [0.15, 0.2) is 17.2 Å². The molecule has 0 radical (unpaired) electrons. The van der Waals surface area contributed by atoms with Gasteiger partial charge in [-0.15, -0.1) is 0 Å². The Morgan fingerprint density at radius 3 is 2.63 bits per heavy atom. The van der Waals surface area contributed by atoms with E-state index in [1.165, 1.54) is 17.7 Å². The van der Waals surface area contributed by atoms with E-state index in [4.69, 9.17) is 9.72 Å². The summed E-state index contributed by atoms with van der Waals surface area (Å²) in [7, 11) is 0. The lowest BCUT2D eigenvalue weighted by atomic mass is 9.88. The van der Waals surface area contributed by atoms with Gasteiger partial charge in [0, 0.05) is 44.7 Å². The van der Waals surface area contributed by atoms with Crippen molar-refractivity contribution in [3.05, 3.63) is 83.6 Å². The topological polar surface area (TPSA) is 87.9 Å². The van der Waals surface area contributed by atoms with Gasteiger partial charge in [0.1, 0.15) is 5.75 Å². The first-order valence-corrected chi connectivity index (χ1v) is 14.5. The summed E-state index contributed by atoms with van der Waals surface area (Å²) in [4.78, 5) is 24.6. The number of ether oxygens (including phenoxy) is 1. The molecule has 1 aromatic carbocycles. The molecule has 0 bridgehead atoms. The summed E-state index contributed by atoms with van der Waals surface area (Å²) in [5.74, 6) is 1.57. The molecular formula is C31H34F3N7O2. The third-order valence-corrected chi connectivity index (χ3v) is 8.38. The second-order valence-corrected chi connectivity index (χ2v) is 11.5. The number of amides is 2. The molecule has 2 saturated heterocycles. The number of rotatable bonds is 8. The number of fused-ring (bicyclic) bond motifs is 1. The average Bonchev–Trinajstić information content (AvgIpc) is 3.55. The van der Waals surface area contributed by atoms with Crippen LogP contribution in [0, 0.1) is 6.92 Å². The highest BCUT2D eigenvalue weighted by Gasteiger charge is 2.45. The van der Waals surface area contributed by atoms with Crippen LogP contribution in [0.15, 0.2) is 60.9 Å². The molecule has 1 N–H and O–H groups in total. The fraction of sp³-hybridized carbons (Fsp3) is 0.419. The van der Waals surface area contributed by atoms with Crippen molar-refractivity contribution in [2.75, 3.05) is 37.7 Å². The molecule has 1 spiro atoms. The lowest BCUT2D eigenvalue weighted by Crippen LogP contribution is -2.52. The molecule has 2 aliphatic rings. The van der Waals surface area contributed by atoms with E-state index >= 15 is 0 Å². The number of hydrogen-bond acceptors (Lipinski definition) is 6. The largest absolute Gasteiger partial charge is 0.491 e. The summed E-state index contributed by atoms with van der Waals surface area (Å²) in [5.41, 5.74) is 1.63. The van der Waals surface area contributed by atoms with Gasteiger partial charge in [-0.1, -0.05) is 37.3 Å². The highest BCUT2D eigenvalue weighted by Crippen LogP contribution is 2.37. The van der Waals surface area contributed by atoms with E-state index in [0.29, 0.717) is 63.6 Å². The summed E-state index contributed by atoms with van der Waals surface area (Å²) in [6.07, 6.45) is 0.0192. The Morgan fingerprint density at radius 2 is 1.88 bits per heavy atom. The molecule has 0 aliphatic carbocycles. The Kier molecular flexibility index (Phi) is 7.61. The van der Waals surface area contributed by atoms with Crippen LogP contribution in [0.2, 0.25) is 0 Å². The zero-order valence-electron chi connectivity index (χ0n) is 24.1. The molecule has 1 atom stereocenters. The predicted molar refractivity (Wildman–Crippen MR) is 155 cm³/mol. The zero-order chi connectivity index (χ0) is 30.2. The summed E-state index contributed by atoms with van der Waals surface area (Å²) >= 11 is 0. The highest BCUT2D eigenvalue weighted by molar-refractivity contribution is 5.78. The number of anilines is 1. The van der Waals surface area contributed by atoms with Crippen LogP contribution in [0.4, 0.5) is 23.7 Å². The van der Waals surface area contributed by atoms with E-state index in [0.717, 1.165) is 17.4 Å². The number of carbonyl (C=O) groups excluding carboxylic acids is 1. The van der Waals surface area contributed by atoms with Gasteiger partial charge in [0.05, 0.1) is 24.0 Å². The molecule has 2 amide bonds. The van der Waals surface area contributed by atoms with Gasteiger partial charge < -0.3 is 19.9 Å². The monoisotopic (exact) mass is 593 g/mol. The van der Waals surface area contributed by atoms with Crippen molar-refractivity contribution in [3.8, 4) is 5.75 Å². The van der Waals surface area contributed by atoms with E-state index in [1.807, 2.05) is 37.4 Å². The molecular weight excluding hydrogens is 559 g/mol. The summed E-state index contributed by atoms with van der Waals surface area (Å²) in [6, 6.07) is 15.0. The van der Waals surface area contributed by atoms with Crippen LogP contribution >= 0.6 is 0 Å². The van der Waals surface area contributed by atoms with Gasteiger partial charge >= 0.3 is 12.2 Å². The first-order chi connectivity index (χ1) is 20.6. The molecule has 6 rings (SSSR count). The van der Waals surface area contributed by atoms with E-state index in [-0.39, 0.29) is 17.6 Å². The number of carbonyl (C=O) groups is 1. The predicted octanol–water partition coefficient (Wildman–Crippen LogP) is 5.24. The highest BCUT2D eigenvalue weighted by atomic mass is 19.4. The van der Waals surface area contributed by atoms with Crippen molar-refractivity contribution in [2.24, 2.45) is 0 Å². The Balaban J connectivity index is 1.06. The maximum Gasteiger partial charge on any atom is 0.435 e. The Hall–Kier alpha value is -4.35. The molecule has 0 saturated carbocycles. The second-order valence-electron chi connectivity index (χ2n) is 11.5. The van der Waals surface area contributed by atoms with Crippen LogP contribution in [0.5, 0.6) is 5.75 Å². The first kappa shape index (κ1) is 28.8. The van der Waals surface area contributed by atoms with Gasteiger partial charge in [-0.2, -0.15) is 18.3 Å². The molecule has 226 valence electrons. The van der Waals surface area contributed by atoms with E-state index < -0.39 is 17.4 Å². The molecule has 0 unspecified atom stereocenters. The van der Waals surface area contributed by atoms with Crippen molar-refractivity contribution < 1.29 is 22.7 Å². The lowest BCUT2D eigenvalue weighted by Gasteiger charge is -2.40. The molecule has 43 heavy (non-hydrogen) atoms. The van der Waals surface area contributed by atoms with Crippen LogP contribution in [0.3, 0.4) is 0 Å². The summed E-state index contributed by atoms with van der Waals surface area (Å²) in [6.45, 7) is 6.34. The minimum Gasteiger partial charge on any atom is -0.491 e. The van der Waals surface area contributed by atoms with Gasteiger partial charge in [-0.05, 0) is 49.1 Å². The van der Waals surface area contributed by atoms with E-state index in [1.54, 1.807) is 14.3 Å². The SMILES string of the molecule is Cc1cc(OC[C@H](C)c2ccccc2)cn2nc(CCN3CC4(CCN(c5cccnc5C(F)(F)F)CC4)NC3=O)nc12. The molecule has 2 fully saturated rings. The number of pyridine rings is 2. The van der Waals surface area contributed by atoms with Crippen molar-refractivity contribution in [1.82, 2.24) is 29.8 Å². The van der Waals surface area contributed by atoms with Crippen LogP contribution in [-0.2, 0) is 12.6 Å².